The van der Waals surface area contributed by atoms with Gasteiger partial charge in [0.1, 0.15) is 0 Å². The Morgan fingerprint density at radius 1 is 0.333 bits per heavy atom. The minimum atomic E-state index is 0. The van der Waals surface area contributed by atoms with Gasteiger partial charge in [0.25, 0.3) is 0 Å². The van der Waals surface area contributed by atoms with E-state index in [2.05, 4.69) is 0 Å². The Morgan fingerprint density at radius 3 is 0.467 bits per heavy atom. The van der Waals surface area contributed by atoms with Gasteiger partial charge in [-0.25, -0.2) is 0 Å². The first-order valence-electron chi connectivity index (χ1n) is 4.00. The van der Waals surface area contributed by atoms with E-state index in [4.69, 9.17) is 0 Å². The molecule has 3 heteroatoms. The van der Waals surface area contributed by atoms with Crippen LogP contribution in [0.4, 0.5) is 9.41 Å². The van der Waals surface area contributed by atoms with E-state index in [0.717, 1.165) is 0 Å². The molecule has 0 saturated heterocycles. The van der Waals surface area contributed by atoms with Crippen molar-refractivity contribution >= 4 is 0 Å². The molecule has 0 spiro atoms. The summed E-state index contributed by atoms with van der Waals surface area (Å²) < 4.78 is 0. The molecular weight excluding hydrogens is 221 g/mol. The van der Waals surface area contributed by atoms with Crippen molar-refractivity contribution in [2.45, 2.75) is 0 Å². The summed E-state index contributed by atoms with van der Waals surface area (Å²) in [6, 6.07) is 24.0. The summed E-state index contributed by atoms with van der Waals surface area (Å²) >= 11 is 0. The van der Waals surface area contributed by atoms with E-state index in [1.54, 1.807) is 0 Å². The Kier molecular flexibility index (Phi) is 22.2. The average molecular weight is 236 g/mol. The van der Waals surface area contributed by atoms with Crippen LogP contribution >= 0.6 is 0 Å². The minimum Gasteiger partial charge on any atom is -1.00 e. The second-order valence-corrected chi connectivity index (χ2v) is 2.31. The van der Waals surface area contributed by atoms with Gasteiger partial charge in [0.2, 0.25) is 0 Å². The average Bonchev–Trinajstić information content (AvgIpc) is 2.24. The van der Waals surface area contributed by atoms with Crippen molar-refractivity contribution in [3.63, 3.8) is 0 Å². The number of hydrogen-bond donors (Lipinski definition) is 0. The standard InChI is InChI=1S/2C6H6.2FH.K.H/c2*1-2-4-6-5-3-1;;;;/h2*1-6H;2*1H;;/q;;;;+1;-1. The molecule has 0 N–H and O–H groups in total. The van der Waals surface area contributed by atoms with E-state index in [-0.39, 0.29) is 62.2 Å². The van der Waals surface area contributed by atoms with Gasteiger partial charge in [0.05, 0.1) is 0 Å². The van der Waals surface area contributed by atoms with Gasteiger partial charge < -0.3 is 1.43 Å². The molecule has 0 bridgehead atoms. The second-order valence-electron chi connectivity index (χ2n) is 2.31. The number of benzene rings is 2. The van der Waals surface area contributed by atoms with Gasteiger partial charge in [-0.3, -0.25) is 9.41 Å². The first kappa shape index (κ1) is 20.4. The van der Waals surface area contributed by atoms with Gasteiger partial charge in [-0.15, -0.1) is 0 Å². The first-order chi connectivity index (χ1) is 6.00. The van der Waals surface area contributed by atoms with Crippen LogP contribution in [0.25, 0.3) is 0 Å². The van der Waals surface area contributed by atoms with Crippen LogP contribution in [-0.4, -0.2) is 0 Å². The molecule has 15 heavy (non-hydrogen) atoms. The maximum Gasteiger partial charge on any atom is 1.00 e. The number of hydrogen-bond acceptors (Lipinski definition) is 0. The Bertz CT molecular complexity index is 194. The van der Waals surface area contributed by atoms with Crippen LogP contribution < -0.4 is 51.4 Å². The van der Waals surface area contributed by atoms with Gasteiger partial charge in [-0.2, -0.15) is 0 Å². The van der Waals surface area contributed by atoms with Gasteiger partial charge in [0, 0.05) is 0 Å². The molecule has 0 amide bonds. The van der Waals surface area contributed by atoms with Crippen molar-refractivity contribution in [3.8, 4) is 0 Å². The van der Waals surface area contributed by atoms with Crippen LogP contribution in [0.5, 0.6) is 0 Å². The molecule has 0 unspecified atom stereocenters. The Hall–Kier alpha value is -0.0636. The molecule has 0 nitrogen and oxygen atoms in total. The van der Waals surface area contributed by atoms with E-state index < -0.39 is 0 Å². The third kappa shape index (κ3) is 13.9. The van der Waals surface area contributed by atoms with E-state index >= 15 is 0 Å². The molecule has 0 radical (unpaired) electrons. The van der Waals surface area contributed by atoms with Crippen LogP contribution in [0.15, 0.2) is 72.8 Å². The van der Waals surface area contributed by atoms with Crippen molar-refractivity contribution < 1.29 is 62.2 Å². The second kappa shape index (κ2) is 16.4. The van der Waals surface area contributed by atoms with Crippen LogP contribution in [0, 0.1) is 0 Å². The third-order valence-electron chi connectivity index (χ3n) is 1.33. The molecule has 78 valence electrons. The maximum absolute atomic E-state index is 2.00. The maximum atomic E-state index is 2.00. The summed E-state index contributed by atoms with van der Waals surface area (Å²) in [5.41, 5.74) is 0. The normalized spacial score (nSPS) is 6.40. The third-order valence-corrected chi connectivity index (χ3v) is 1.33. The summed E-state index contributed by atoms with van der Waals surface area (Å²) in [6.07, 6.45) is 0. The van der Waals surface area contributed by atoms with Crippen molar-refractivity contribution in [2.24, 2.45) is 0 Å². The monoisotopic (exact) mass is 236 g/mol. The summed E-state index contributed by atoms with van der Waals surface area (Å²) in [7, 11) is 0. The molecule has 0 aliphatic heterocycles. The first-order valence-corrected chi connectivity index (χ1v) is 4.00. The molecule has 0 heterocycles. The van der Waals surface area contributed by atoms with Crippen LogP contribution in [-0.2, 0) is 0 Å². The van der Waals surface area contributed by atoms with E-state index in [0.29, 0.717) is 0 Å². The van der Waals surface area contributed by atoms with Crippen molar-refractivity contribution in [2.75, 3.05) is 0 Å². The molecule has 0 fully saturated rings. The molecule has 0 atom stereocenters. The van der Waals surface area contributed by atoms with E-state index in [1.165, 1.54) is 0 Å². The van der Waals surface area contributed by atoms with Gasteiger partial charge in [-0.05, 0) is 0 Å². The van der Waals surface area contributed by atoms with E-state index in [1.807, 2.05) is 72.8 Å². The molecule has 0 aliphatic carbocycles. The van der Waals surface area contributed by atoms with E-state index in [9.17, 15) is 0 Å². The molecule has 0 aromatic heterocycles. The Balaban J connectivity index is -0.0000000720. The van der Waals surface area contributed by atoms with Crippen LogP contribution in [0.1, 0.15) is 1.43 Å². The predicted octanol–water partition coefficient (Wildman–Crippen LogP) is 0.795. The Morgan fingerprint density at radius 2 is 0.400 bits per heavy atom. The fourth-order valence-electron chi connectivity index (χ4n) is 0.770. The predicted molar refractivity (Wildman–Crippen MR) is 59.0 cm³/mol. The minimum absolute atomic E-state index is 0. The Labute approximate surface area is 133 Å². The molecule has 0 aliphatic rings. The van der Waals surface area contributed by atoms with Gasteiger partial charge in [0.15, 0.2) is 0 Å². The zero-order chi connectivity index (χ0) is 8.49. The quantitative estimate of drug-likeness (QED) is 0.593. The summed E-state index contributed by atoms with van der Waals surface area (Å²) in [5, 5.41) is 0. The van der Waals surface area contributed by atoms with Gasteiger partial charge >= 0.3 is 51.4 Å². The van der Waals surface area contributed by atoms with Crippen LogP contribution in [0.2, 0.25) is 0 Å². The van der Waals surface area contributed by atoms with Crippen molar-refractivity contribution in [1.29, 1.82) is 0 Å². The zero-order valence-electron chi connectivity index (χ0n) is 9.74. The number of halogens is 2. The topological polar surface area (TPSA) is 0 Å². The molecule has 0 saturated carbocycles. The van der Waals surface area contributed by atoms with Gasteiger partial charge in [-0.1, -0.05) is 72.8 Å². The fraction of sp³-hybridized carbons (Fsp3) is 0. The molecular formula is C12H15F2K. The fourth-order valence-corrected chi connectivity index (χ4v) is 0.770. The summed E-state index contributed by atoms with van der Waals surface area (Å²) in [5.74, 6) is 0. The molecule has 2 aromatic carbocycles. The molecule has 2 rings (SSSR count). The van der Waals surface area contributed by atoms with Crippen LogP contribution in [0.3, 0.4) is 0 Å². The summed E-state index contributed by atoms with van der Waals surface area (Å²) in [4.78, 5) is 0. The summed E-state index contributed by atoms with van der Waals surface area (Å²) in [6.45, 7) is 0. The largest absolute Gasteiger partial charge is 1.00 e. The van der Waals surface area contributed by atoms with Crippen molar-refractivity contribution in [1.82, 2.24) is 0 Å². The van der Waals surface area contributed by atoms with Crippen molar-refractivity contribution in [3.05, 3.63) is 72.8 Å². The number of rotatable bonds is 0. The molecule has 2 aromatic rings. The SMILES string of the molecule is F.F.[H-].[K+].c1ccccc1.c1ccccc1. The zero-order valence-corrected chi connectivity index (χ0v) is 11.9. The smallest absolute Gasteiger partial charge is 1.00 e.